The minimum absolute atomic E-state index is 0.443. The molecule has 0 saturated heterocycles. The molecule has 1 nitrogen and oxygen atoms in total. The lowest BCUT2D eigenvalue weighted by molar-refractivity contribution is 0.548. The lowest BCUT2D eigenvalue weighted by Crippen LogP contribution is -2.01. The Balaban J connectivity index is 2.73. The van der Waals surface area contributed by atoms with Crippen molar-refractivity contribution in [3.05, 3.63) is 34.4 Å². The van der Waals surface area contributed by atoms with Gasteiger partial charge in [-0.1, -0.05) is 30.1 Å². The summed E-state index contributed by atoms with van der Waals surface area (Å²) in [6, 6.07) is 6.16. The van der Waals surface area contributed by atoms with Crippen LogP contribution in [-0.4, -0.2) is 4.57 Å². The van der Waals surface area contributed by atoms with E-state index in [1.165, 1.54) is 0 Å². The summed E-state index contributed by atoms with van der Waals surface area (Å²) >= 11 is 12.3. The molecule has 0 aliphatic carbocycles. The summed E-state index contributed by atoms with van der Waals surface area (Å²) in [6.45, 7) is 4.34. The Hall–Kier alpha value is -0.660. The maximum Gasteiger partial charge on any atom is 0.0687 e. The number of aromatic nitrogens is 1. The molecule has 1 aromatic heterocycles. The molecule has 2 aromatic rings. The summed E-state index contributed by atoms with van der Waals surface area (Å²) < 4.78 is 2.18. The van der Waals surface area contributed by atoms with Gasteiger partial charge in [0.05, 0.1) is 15.6 Å². The minimum atomic E-state index is 0.443. The fourth-order valence-corrected chi connectivity index (χ4v) is 2.25. The zero-order valence-corrected chi connectivity index (χ0v) is 10.3. The fourth-order valence-electron chi connectivity index (χ4n) is 1.77. The molecule has 1 aromatic carbocycles. The largest absolute Gasteiger partial charge is 0.343 e. The van der Waals surface area contributed by atoms with Gasteiger partial charge in [-0.15, -0.1) is 0 Å². The molecule has 0 fully saturated rings. The van der Waals surface area contributed by atoms with Crippen molar-refractivity contribution in [3.8, 4) is 0 Å². The van der Waals surface area contributed by atoms with E-state index < -0.39 is 0 Å². The van der Waals surface area contributed by atoms with E-state index in [4.69, 9.17) is 23.2 Å². The molecular weight excluding hydrogens is 229 g/mol. The van der Waals surface area contributed by atoms with Gasteiger partial charge in [0.25, 0.3) is 0 Å². The molecule has 1 unspecified atom stereocenters. The Morgan fingerprint density at radius 1 is 1.20 bits per heavy atom. The Morgan fingerprint density at radius 2 is 1.87 bits per heavy atom. The predicted octanol–water partition coefficient (Wildman–Crippen LogP) is 4.92. The van der Waals surface area contributed by atoms with Crippen LogP contribution in [0.3, 0.4) is 0 Å². The first kappa shape index (κ1) is 10.8. The summed E-state index contributed by atoms with van der Waals surface area (Å²) in [7, 11) is 0. The van der Waals surface area contributed by atoms with E-state index in [1.807, 2.05) is 18.2 Å². The molecule has 80 valence electrons. The summed E-state index contributed by atoms with van der Waals surface area (Å²) in [5.74, 6) is 0. The van der Waals surface area contributed by atoms with E-state index in [0.29, 0.717) is 6.04 Å². The first-order valence-electron chi connectivity index (χ1n) is 5.09. The van der Waals surface area contributed by atoms with Crippen LogP contribution in [0.4, 0.5) is 0 Å². The summed E-state index contributed by atoms with van der Waals surface area (Å²) in [5, 5.41) is 2.56. The second kappa shape index (κ2) is 4.07. The summed E-state index contributed by atoms with van der Waals surface area (Å²) in [4.78, 5) is 0. The Kier molecular flexibility index (Phi) is 2.94. The zero-order chi connectivity index (χ0) is 11.0. The lowest BCUT2D eigenvalue weighted by Gasteiger charge is -2.13. The van der Waals surface area contributed by atoms with E-state index in [-0.39, 0.29) is 0 Å². The molecule has 3 heteroatoms. The smallest absolute Gasteiger partial charge is 0.0687 e. The van der Waals surface area contributed by atoms with Gasteiger partial charge in [-0.05, 0) is 31.5 Å². The maximum atomic E-state index is 6.20. The van der Waals surface area contributed by atoms with Gasteiger partial charge in [0.15, 0.2) is 0 Å². The number of benzene rings is 1. The summed E-state index contributed by atoms with van der Waals surface area (Å²) in [6.07, 6.45) is 3.13. The number of halogens is 2. The van der Waals surface area contributed by atoms with E-state index >= 15 is 0 Å². The van der Waals surface area contributed by atoms with Crippen molar-refractivity contribution in [2.24, 2.45) is 0 Å². The van der Waals surface area contributed by atoms with Crippen molar-refractivity contribution < 1.29 is 0 Å². The van der Waals surface area contributed by atoms with Crippen molar-refractivity contribution in [1.82, 2.24) is 4.57 Å². The standard InChI is InChI=1S/C12H13Cl2N/c1-3-8(2)15-7-6-9-10(13)4-5-11(14)12(9)15/h4-8H,3H2,1-2H3. The Morgan fingerprint density at radius 3 is 2.53 bits per heavy atom. The molecule has 1 heterocycles. The highest BCUT2D eigenvalue weighted by atomic mass is 35.5. The highest BCUT2D eigenvalue weighted by Crippen LogP contribution is 2.32. The van der Waals surface area contributed by atoms with Crippen LogP contribution in [0.2, 0.25) is 10.0 Å². The van der Waals surface area contributed by atoms with Crippen LogP contribution in [-0.2, 0) is 0 Å². The number of rotatable bonds is 2. The van der Waals surface area contributed by atoms with Gasteiger partial charge in [-0.3, -0.25) is 0 Å². The minimum Gasteiger partial charge on any atom is -0.343 e. The van der Waals surface area contributed by atoms with E-state index in [0.717, 1.165) is 27.4 Å². The van der Waals surface area contributed by atoms with Crippen molar-refractivity contribution in [2.75, 3.05) is 0 Å². The fraction of sp³-hybridized carbons (Fsp3) is 0.333. The van der Waals surface area contributed by atoms with Gasteiger partial charge in [0, 0.05) is 17.6 Å². The molecule has 0 bridgehead atoms. The molecule has 0 spiro atoms. The number of hydrogen-bond donors (Lipinski definition) is 0. The van der Waals surface area contributed by atoms with Crippen LogP contribution in [0.15, 0.2) is 24.4 Å². The lowest BCUT2D eigenvalue weighted by atomic mass is 10.2. The van der Waals surface area contributed by atoms with E-state index in [1.54, 1.807) is 0 Å². The maximum absolute atomic E-state index is 6.20. The number of fused-ring (bicyclic) bond motifs is 1. The third-order valence-electron chi connectivity index (χ3n) is 2.84. The zero-order valence-electron chi connectivity index (χ0n) is 8.80. The normalized spacial score (nSPS) is 13.3. The Bertz CT molecular complexity index is 488. The van der Waals surface area contributed by atoms with Gasteiger partial charge < -0.3 is 4.57 Å². The van der Waals surface area contributed by atoms with Crippen molar-refractivity contribution in [3.63, 3.8) is 0 Å². The molecule has 2 rings (SSSR count). The van der Waals surface area contributed by atoms with Gasteiger partial charge in [0.2, 0.25) is 0 Å². The molecular formula is C12H13Cl2N. The van der Waals surface area contributed by atoms with Gasteiger partial charge in [0.1, 0.15) is 0 Å². The molecule has 1 atom stereocenters. The molecule has 15 heavy (non-hydrogen) atoms. The quantitative estimate of drug-likeness (QED) is 0.704. The third kappa shape index (κ3) is 1.75. The van der Waals surface area contributed by atoms with Crippen LogP contribution in [0.25, 0.3) is 10.9 Å². The average Bonchev–Trinajstić information content (AvgIpc) is 2.68. The highest BCUT2D eigenvalue weighted by molar-refractivity contribution is 6.40. The van der Waals surface area contributed by atoms with Crippen LogP contribution < -0.4 is 0 Å². The van der Waals surface area contributed by atoms with Gasteiger partial charge in [-0.25, -0.2) is 0 Å². The summed E-state index contributed by atoms with van der Waals surface area (Å²) in [5.41, 5.74) is 1.04. The first-order chi connectivity index (χ1) is 7.15. The third-order valence-corrected chi connectivity index (χ3v) is 3.47. The van der Waals surface area contributed by atoms with Crippen LogP contribution in [0.1, 0.15) is 26.3 Å². The van der Waals surface area contributed by atoms with E-state index in [2.05, 4.69) is 24.6 Å². The highest BCUT2D eigenvalue weighted by Gasteiger charge is 2.11. The Labute approximate surface area is 99.6 Å². The molecule has 0 radical (unpaired) electrons. The topological polar surface area (TPSA) is 4.93 Å². The first-order valence-corrected chi connectivity index (χ1v) is 5.85. The number of hydrogen-bond acceptors (Lipinski definition) is 0. The average molecular weight is 242 g/mol. The van der Waals surface area contributed by atoms with Crippen LogP contribution in [0, 0.1) is 0 Å². The van der Waals surface area contributed by atoms with Crippen LogP contribution in [0.5, 0.6) is 0 Å². The molecule has 0 saturated carbocycles. The second-order valence-corrected chi connectivity index (χ2v) is 4.59. The second-order valence-electron chi connectivity index (χ2n) is 3.77. The van der Waals surface area contributed by atoms with Crippen molar-refractivity contribution in [2.45, 2.75) is 26.3 Å². The van der Waals surface area contributed by atoms with Gasteiger partial charge in [-0.2, -0.15) is 0 Å². The predicted molar refractivity (Wildman–Crippen MR) is 67.0 cm³/mol. The monoisotopic (exact) mass is 241 g/mol. The SMILES string of the molecule is CCC(C)n1ccc2c(Cl)ccc(Cl)c21. The molecule has 0 aliphatic heterocycles. The van der Waals surface area contributed by atoms with Gasteiger partial charge >= 0.3 is 0 Å². The molecule has 0 amide bonds. The van der Waals surface area contributed by atoms with Crippen LogP contribution >= 0.6 is 23.2 Å². The van der Waals surface area contributed by atoms with E-state index in [9.17, 15) is 0 Å². The van der Waals surface area contributed by atoms with Crippen molar-refractivity contribution >= 4 is 34.1 Å². The number of nitrogens with zero attached hydrogens (tertiary/aromatic N) is 1. The molecule has 0 N–H and O–H groups in total. The molecule has 0 aliphatic rings. The van der Waals surface area contributed by atoms with Crippen molar-refractivity contribution in [1.29, 1.82) is 0 Å².